The summed E-state index contributed by atoms with van der Waals surface area (Å²) < 4.78 is 5.69. The number of rotatable bonds is 7. The summed E-state index contributed by atoms with van der Waals surface area (Å²) in [7, 11) is 0. The van der Waals surface area contributed by atoms with Crippen LogP contribution in [0.2, 0.25) is 0 Å². The predicted molar refractivity (Wildman–Crippen MR) is 102 cm³/mol. The maximum absolute atomic E-state index is 12.4. The van der Waals surface area contributed by atoms with Gasteiger partial charge in [-0.25, -0.2) is 4.98 Å². The van der Waals surface area contributed by atoms with Crippen LogP contribution in [-0.4, -0.2) is 60.1 Å². The van der Waals surface area contributed by atoms with E-state index >= 15 is 0 Å². The molecular weight excluding hydrogens is 330 g/mol. The summed E-state index contributed by atoms with van der Waals surface area (Å²) in [6.45, 7) is 6.37. The van der Waals surface area contributed by atoms with Gasteiger partial charge in [-0.2, -0.15) is 0 Å². The number of aromatic nitrogens is 2. The molecule has 0 saturated carbocycles. The van der Waals surface area contributed by atoms with Crippen LogP contribution in [0.4, 0.5) is 11.5 Å². The molecule has 0 spiro atoms. The molecule has 7 nitrogen and oxygen atoms in total. The zero-order valence-electron chi connectivity index (χ0n) is 15.1. The first kappa shape index (κ1) is 18.1. The minimum absolute atomic E-state index is 0.0227. The molecule has 26 heavy (non-hydrogen) atoms. The minimum atomic E-state index is -0.0227. The van der Waals surface area contributed by atoms with Gasteiger partial charge in [-0.1, -0.05) is 19.1 Å². The van der Waals surface area contributed by atoms with E-state index in [0.29, 0.717) is 13.2 Å². The monoisotopic (exact) mass is 355 g/mol. The first-order chi connectivity index (χ1) is 12.8. The molecule has 1 N–H and O–H groups in total. The smallest absolute Gasteiger partial charge is 0.238 e. The summed E-state index contributed by atoms with van der Waals surface area (Å²) in [4.78, 5) is 25.2. The lowest BCUT2D eigenvalue weighted by Gasteiger charge is -2.34. The number of hydrogen-bond donors (Lipinski definition) is 1. The number of nitrogens with one attached hydrogen (secondary N) is 1. The van der Waals surface area contributed by atoms with Crippen LogP contribution in [0.1, 0.15) is 13.3 Å². The number of benzene rings is 1. The van der Waals surface area contributed by atoms with Gasteiger partial charge >= 0.3 is 0 Å². The normalized spacial score (nSPS) is 14.9. The molecule has 1 fully saturated rings. The van der Waals surface area contributed by atoms with E-state index in [1.165, 1.54) is 0 Å². The number of ether oxygens (including phenoxy) is 1. The van der Waals surface area contributed by atoms with Gasteiger partial charge in [0.25, 0.3) is 0 Å². The molecule has 138 valence electrons. The summed E-state index contributed by atoms with van der Waals surface area (Å²) in [5.41, 5.74) is 0.726. The largest absolute Gasteiger partial charge is 0.491 e. The van der Waals surface area contributed by atoms with Crippen LogP contribution in [0.15, 0.2) is 42.9 Å². The van der Waals surface area contributed by atoms with Crippen molar-refractivity contribution in [2.24, 2.45) is 0 Å². The molecule has 1 aliphatic rings. The second kappa shape index (κ2) is 9.15. The summed E-state index contributed by atoms with van der Waals surface area (Å²) in [5.74, 6) is 1.58. The Balaban J connectivity index is 1.49. The van der Waals surface area contributed by atoms with Crippen molar-refractivity contribution in [2.75, 3.05) is 49.5 Å². The van der Waals surface area contributed by atoms with Gasteiger partial charge in [0.05, 0.1) is 25.0 Å². The van der Waals surface area contributed by atoms with E-state index in [1.807, 2.05) is 24.3 Å². The Labute approximate surface area is 154 Å². The standard InChI is InChI=1S/C19H25N5O2/c1-2-13-26-17-6-4-3-5-16(17)22-19(25)15-23-9-11-24(12-10-23)18-14-20-7-8-21-18/h3-8,14H,2,9-13,15H2,1H3,(H,22,25). The number of hydrogen-bond acceptors (Lipinski definition) is 6. The van der Waals surface area contributed by atoms with E-state index in [-0.39, 0.29) is 5.91 Å². The number of nitrogens with zero attached hydrogens (tertiary/aromatic N) is 4. The zero-order chi connectivity index (χ0) is 18.2. The Morgan fingerprint density at radius 3 is 2.73 bits per heavy atom. The Hall–Kier alpha value is -2.67. The van der Waals surface area contributed by atoms with Crippen LogP contribution in [0.5, 0.6) is 5.75 Å². The molecule has 2 aromatic rings. The van der Waals surface area contributed by atoms with Crippen LogP contribution in [0, 0.1) is 0 Å². The number of piperazine rings is 1. The van der Waals surface area contributed by atoms with Crippen molar-refractivity contribution in [2.45, 2.75) is 13.3 Å². The molecule has 1 saturated heterocycles. The number of anilines is 2. The van der Waals surface area contributed by atoms with Gasteiger partial charge in [0.15, 0.2) is 0 Å². The highest BCUT2D eigenvalue weighted by Gasteiger charge is 2.20. The van der Waals surface area contributed by atoms with E-state index < -0.39 is 0 Å². The van der Waals surface area contributed by atoms with Crippen molar-refractivity contribution in [3.63, 3.8) is 0 Å². The molecule has 0 atom stereocenters. The second-order valence-corrected chi connectivity index (χ2v) is 6.22. The maximum Gasteiger partial charge on any atom is 0.238 e. The summed E-state index contributed by atoms with van der Waals surface area (Å²) in [6.07, 6.45) is 6.08. The van der Waals surface area contributed by atoms with E-state index in [0.717, 1.165) is 49.9 Å². The van der Waals surface area contributed by atoms with Gasteiger partial charge < -0.3 is 15.0 Å². The van der Waals surface area contributed by atoms with Crippen molar-refractivity contribution in [1.29, 1.82) is 0 Å². The number of para-hydroxylation sites is 2. The molecule has 1 aromatic heterocycles. The van der Waals surface area contributed by atoms with Crippen LogP contribution in [-0.2, 0) is 4.79 Å². The third-order valence-corrected chi connectivity index (χ3v) is 4.24. The van der Waals surface area contributed by atoms with Crippen LogP contribution in [0.25, 0.3) is 0 Å². The fourth-order valence-electron chi connectivity index (χ4n) is 2.89. The Morgan fingerprint density at radius 2 is 2.00 bits per heavy atom. The zero-order valence-corrected chi connectivity index (χ0v) is 15.1. The molecule has 0 bridgehead atoms. The molecule has 7 heteroatoms. The molecule has 0 unspecified atom stereocenters. The number of amides is 1. The van der Waals surface area contributed by atoms with Gasteiger partial charge in [0.1, 0.15) is 11.6 Å². The van der Waals surface area contributed by atoms with Crippen molar-refractivity contribution >= 4 is 17.4 Å². The number of carbonyl (C=O) groups is 1. The first-order valence-electron chi connectivity index (χ1n) is 9.01. The average molecular weight is 355 g/mol. The van der Waals surface area contributed by atoms with E-state index in [2.05, 4.69) is 32.0 Å². The van der Waals surface area contributed by atoms with Gasteiger partial charge in [0, 0.05) is 38.6 Å². The van der Waals surface area contributed by atoms with Gasteiger partial charge in [-0.15, -0.1) is 0 Å². The molecule has 1 aliphatic heterocycles. The van der Waals surface area contributed by atoms with E-state index in [9.17, 15) is 4.79 Å². The van der Waals surface area contributed by atoms with E-state index in [1.54, 1.807) is 18.6 Å². The summed E-state index contributed by atoms with van der Waals surface area (Å²) in [5, 5.41) is 2.97. The molecule has 1 aromatic carbocycles. The topological polar surface area (TPSA) is 70.6 Å². The molecule has 0 aliphatic carbocycles. The lowest BCUT2D eigenvalue weighted by atomic mass is 10.2. The third-order valence-electron chi connectivity index (χ3n) is 4.24. The van der Waals surface area contributed by atoms with Gasteiger partial charge in [-0.3, -0.25) is 14.7 Å². The lowest BCUT2D eigenvalue weighted by molar-refractivity contribution is -0.117. The molecular formula is C19H25N5O2. The highest BCUT2D eigenvalue weighted by Crippen LogP contribution is 2.23. The van der Waals surface area contributed by atoms with Crippen molar-refractivity contribution < 1.29 is 9.53 Å². The van der Waals surface area contributed by atoms with Crippen molar-refractivity contribution in [3.8, 4) is 5.75 Å². The summed E-state index contributed by atoms with van der Waals surface area (Å²) in [6, 6.07) is 7.56. The maximum atomic E-state index is 12.4. The molecule has 1 amide bonds. The molecule has 2 heterocycles. The van der Waals surface area contributed by atoms with Gasteiger partial charge in [0.2, 0.25) is 5.91 Å². The van der Waals surface area contributed by atoms with E-state index in [4.69, 9.17) is 4.74 Å². The van der Waals surface area contributed by atoms with Crippen molar-refractivity contribution in [3.05, 3.63) is 42.9 Å². The molecule has 0 radical (unpaired) electrons. The Kier molecular flexibility index (Phi) is 6.38. The van der Waals surface area contributed by atoms with Crippen LogP contribution < -0.4 is 15.0 Å². The highest BCUT2D eigenvalue weighted by molar-refractivity contribution is 5.93. The third kappa shape index (κ3) is 4.92. The minimum Gasteiger partial charge on any atom is -0.491 e. The van der Waals surface area contributed by atoms with Gasteiger partial charge in [-0.05, 0) is 18.6 Å². The lowest BCUT2D eigenvalue weighted by Crippen LogP contribution is -2.49. The molecule has 3 rings (SSSR count). The first-order valence-corrected chi connectivity index (χ1v) is 9.01. The van der Waals surface area contributed by atoms with Crippen LogP contribution in [0.3, 0.4) is 0 Å². The fraction of sp³-hybridized carbons (Fsp3) is 0.421. The number of carbonyl (C=O) groups excluding carboxylic acids is 1. The average Bonchev–Trinajstić information content (AvgIpc) is 2.68. The van der Waals surface area contributed by atoms with Crippen LogP contribution >= 0.6 is 0 Å². The highest BCUT2D eigenvalue weighted by atomic mass is 16.5. The second-order valence-electron chi connectivity index (χ2n) is 6.22. The fourth-order valence-corrected chi connectivity index (χ4v) is 2.89. The van der Waals surface area contributed by atoms with Crippen molar-refractivity contribution in [1.82, 2.24) is 14.9 Å². The SMILES string of the molecule is CCCOc1ccccc1NC(=O)CN1CCN(c2cnccn2)CC1. The Bertz CT molecular complexity index is 702. The predicted octanol–water partition coefficient (Wildman–Crippen LogP) is 2.03. The Morgan fingerprint density at radius 1 is 1.19 bits per heavy atom. The quantitative estimate of drug-likeness (QED) is 0.819. The summed E-state index contributed by atoms with van der Waals surface area (Å²) >= 11 is 0.